The summed E-state index contributed by atoms with van der Waals surface area (Å²) in [6, 6.07) is 5.78. The van der Waals surface area contributed by atoms with Crippen LogP contribution in [0.5, 0.6) is 11.5 Å². The number of hydrogen-bond donors (Lipinski definition) is 4. The molecule has 184 valence electrons. The van der Waals surface area contributed by atoms with Crippen molar-refractivity contribution in [2.75, 3.05) is 13.6 Å². The van der Waals surface area contributed by atoms with Crippen molar-refractivity contribution in [3.05, 3.63) is 63.3 Å². The zero-order valence-corrected chi connectivity index (χ0v) is 19.4. The Bertz CT molecular complexity index is 1380. The average molecular weight is 484 g/mol. The van der Waals surface area contributed by atoms with E-state index in [9.17, 15) is 29.0 Å². The van der Waals surface area contributed by atoms with Crippen LogP contribution in [-0.2, 0) is 17.8 Å². The molecule has 0 radical (unpaired) electrons. The predicted octanol–water partition coefficient (Wildman–Crippen LogP) is 0.840. The van der Waals surface area contributed by atoms with Crippen LogP contribution in [-0.4, -0.2) is 56.9 Å². The molecule has 0 saturated heterocycles. The van der Waals surface area contributed by atoms with Gasteiger partial charge in [-0.3, -0.25) is 23.9 Å². The van der Waals surface area contributed by atoms with E-state index in [4.69, 9.17) is 4.74 Å². The summed E-state index contributed by atoms with van der Waals surface area (Å²) in [5, 5.41) is 25.6. The Morgan fingerprint density at radius 2 is 1.97 bits per heavy atom. The molecule has 1 aromatic carbocycles. The molecule has 1 atom stereocenters. The van der Waals surface area contributed by atoms with Crippen LogP contribution in [0.3, 0.4) is 0 Å². The fourth-order valence-electron chi connectivity index (χ4n) is 3.88. The first-order valence-electron chi connectivity index (χ1n) is 10.9. The van der Waals surface area contributed by atoms with Gasteiger partial charge in [0, 0.05) is 31.8 Å². The number of aromatic hydroxyl groups is 1. The molecule has 35 heavy (non-hydrogen) atoms. The van der Waals surface area contributed by atoms with Crippen molar-refractivity contribution in [3.63, 3.8) is 0 Å². The summed E-state index contributed by atoms with van der Waals surface area (Å²) in [7, 11) is 1.32. The quantitative estimate of drug-likeness (QED) is 0.406. The first-order chi connectivity index (χ1) is 16.5. The number of carbonyl (C=O) groups excluding carboxylic acids is 2. The molecule has 10 nitrogen and oxygen atoms in total. The summed E-state index contributed by atoms with van der Waals surface area (Å²) in [5.41, 5.74) is -1.15. The van der Waals surface area contributed by atoms with E-state index in [-0.39, 0.29) is 36.3 Å². The Morgan fingerprint density at radius 3 is 2.60 bits per heavy atom. The third-order valence-electron chi connectivity index (χ3n) is 5.63. The van der Waals surface area contributed by atoms with E-state index in [1.165, 1.54) is 43.8 Å². The van der Waals surface area contributed by atoms with Gasteiger partial charge >= 0.3 is 0 Å². The number of pyridine rings is 2. The second-order valence-electron chi connectivity index (χ2n) is 8.97. The zero-order chi connectivity index (χ0) is 25.5. The first-order valence-corrected chi connectivity index (χ1v) is 10.9. The van der Waals surface area contributed by atoms with E-state index < -0.39 is 46.2 Å². The van der Waals surface area contributed by atoms with Crippen LogP contribution in [0.15, 0.2) is 35.3 Å². The Labute approximate surface area is 199 Å². The van der Waals surface area contributed by atoms with Gasteiger partial charge in [-0.15, -0.1) is 0 Å². The van der Waals surface area contributed by atoms with Crippen molar-refractivity contribution in [1.82, 2.24) is 20.2 Å². The summed E-state index contributed by atoms with van der Waals surface area (Å²) in [6.07, 6.45) is 0.491. The number of aliphatic hydroxyl groups is 1. The van der Waals surface area contributed by atoms with Gasteiger partial charge in [-0.25, -0.2) is 4.39 Å². The van der Waals surface area contributed by atoms with Crippen LogP contribution in [0.1, 0.15) is 35.3 Å². The van der Waals surface area contributed by atoms with Crippen molar-refractivity contribution in [2.45, 2.75) is 38.5 Å². The summed E-state index contributed by atoms with van der Waals surface area (Å²) in [4.78, 5) is 42.8. The van der Waals surface area contributed by atoms with Crippen molar-refractivity contribution < 1.29 is 28.9 Å². The predicted molar refractivity (Wildman–Crippen MR) is 124 cm³/mol. The van der Waals surface area contributed by atoms with Gasteiger partial charge in [0.2, 0.25) is 0 Å². The Morgan fingerprint density at radius 1 is 1.29 bits per heavy atom. The van der Waals surface area contributed by atoms with Crippen LogP contribution < -0.4 is 20.9 Å². The number of carbonyl (C=O) groups is 2. The van der Waals surface area contributed by atoms with Crippen LogP contribution in [0.2, 0.25) is 0 Å². The standard InChI is InChI=1S/C24H25FN4O6/c1-24(2,34)11-28-21(31)15-10-29-18-17(19(30)16(23(29)33)22(32)26-3)27-9-13(20(18)35-15)8-12-4-6-14(25)7-5-12/h4-7,9,15,30,34H,8,10-11H2,1-3H3,(H,26,32)(H,28,31)/t15-/m0/s1. The van der Waals surface area contributed by atoms with Gasteiger partial charge < -0.3 is 25.6 Å². The van der Waals surface area contributed by atoms with Crippen molar-refractivity contribution in [1.29, 1.82) is 0 Å². The van der Waals surface area contributed by atoms with Crippen molar-refractivity contribution in [3.8, 4) is 11.5 Å². The van der Waals surface area contributed by atoms with Crippen LogP contribution in [0.4, 0.5) is 4.39 Å². The van der Waals surface area contributed by atoms with Crippen molar-refractivity contribution in [2.24, 2.45) is 0 Å². The zero-order valence-electron chi connectivity index (χ0n) is 19.4. The highest BCUT2D eigenvalue weighted by atomic mass is 19.1. The second-order valence-corrected chi connectivity index (χ2v) is 8.97. The lowest BCUT2D eigenvalue weighted by molar-refractivity contribution is -0.129. The van der Waals surface area contributed by atoms with Gasteiger partial charge in [-0.05, 0) is 31.5 Å². The molecule has 0 spiro atoms. The Hall–Kier alpha value is -3.99. The topological polar surface area (TPSA) is 143 Å². The summed E-state index contributed by atoms with van der Waals surface area (Å²) >= 11 is 0. The maximum Gasteiger partial charge on any atom is 0.268 e. The number of amides is 2. The van der Waals surface area contributed by atoms with Gasteiger partial charge in [-0.2, -0.15) is 0 Å². The molecular formula is C24H25FN4O6. The van der Waals surface area contributed by atoms with Crippen molar-refractivity contribution >= 4 is 22.8 Å². The number of rotatable bonds is 6. The highest BCUT2D eigenvalue weighted by molar-refractivity contribution is 6.02. The fourth-order valence-corrected chi connectivity index (χ4v) is 3.88. The molecular weight excluding hydrogens is 459 g/mol. The smallest absolute Gasteiger partial charge is 0.268 e. The molecule has 4 N–H and O–H groups in total. The Kier molecular flexibility index (Phi) is 6.20. The highest BCUT2D eigenvalue weighted by Gasteiger charge is 2.34. The Balaban J connectivity index is 1.86. The maximum atomic E-state index is 13.4. The summed E-state index contributed by atoms with van der Waals surface area (Å²) in [6.45, 7) is 2.76. The minimum atomic E-state index is -1.17. The molecule has 3 heterocycles. The fraction of sp³-hybridized carbons (Fsp3) is 0.333. The van der Waals surface area contributed by atoms with Crippen LogP contribution >= 0.6 is 0 Å². The molecule has 4 rings (SSSR count). The second kappa shape index (κ2) is 8.99. The van der Waals surface area contributed by atoms with Gasteiger partial charge in [0.15, 0.2) is 17.6 Å². The first kappa shape index (κ1) is 24.1. The number of hydrogen-bond acceptors (Lipinski definition) is 7. The van der Waals surface area contributed by atoms with E-state index in [1.807, 2.05) is 0 Å². The largest absolute Gasteiger partial charge is 0.505 e. The third-order valence-corrected chi connectivity index (χ3v) is 5.63. The van der Waals surface area contributed by atoms with E-state index >= 15 is 0 Å². The number of nitrogens with zero attached hydrogens (tertiary/aromatic N) is 2. The number of halogens is 1. The summed E-state index contributed by atoms with van der Waals surface area (Å²) < 4.78 is 20.6. The molecule has 1 aliphatic rings. The van der Waals surface area contributed by atoms with Crippen LogP contribution in [0, 0.1) is 5.82 Å². The molecule has 0 unspecified atom stereocenters. The number of ether oxygens (including phenoxy) is 1. The molecule has 1 aliphatic heterocycles. The normalized spacial score (nSPS) is 14.9. The number of benzene rings is 1. The monoisotopic (exact) mass is 484 g/mol. The minimum absolute atomic E-state index is 0.0311. The molecule has 3 aromatic rings. The molecule has 0 fully saturated rings. The minimum Gasteiger partial charge on any atom is -0.505 e. The number of nitrogens with one attached hydrogen (secondary N) is 2. The number of aromatic nitrogens is 2. The van der Waals surface area contributed by atoms with Gasteiger partial charge in [0.05, 0.1) is 12.1 Å². The average Bonchev–Trinajstić information content (AvgIpc) is 2.82. The van der Waals surface area contributed by atoms with Gasteiger partial charge in [0.25, 0.3) is 17.4 Å². The van der Waals surface area contributed by atoms with Gasteiger partial charge in [0.1, 0.15) is 22.4 Å². The molecule has 0 aliphatic carbocycles. The lowest BCUT2D eigenvalue weighted by Crippen LogP contribution is -2.49. The molecule has 0 bridgehead atoms. The highest BCUT2D eigenvalue weighted by Crippen LogP contribution is 2.37. The van der Waals surface area contributed by atoms with Gasteiger partial charge in [-0.1, -0.05) is 12.1 Å². The van der Waals surface area contributed by atoms with E-state index in [0.717, 1.165) is 5.56 Å². The molecule has 11 heteroatoms. The van der Waals surface area contributed by atoms with E-state index in [1.54, 1.807) is 12.1 Å². The third kappa shape index (κ3) is 4.67. The molecule has 2 amide bonds. The van der Waals surface area contributed by atoms with E-state index in [0.29, 0.717) is 5.56 Å². The lowest BCUT2D eigenvalue weighted by Gasteiger charge is -2.29. The molecule has 0 saturated carbocycles. The lowest BCUT2D eigenvalue weighted by atomic mass is 10.0. The summed E-state index contributed by atoms with van der Waals surface area (Å²) in [5.74, 6) is -2.22. The van der Waals surface area contributed by atoms with Crippen LogP contribution in [0.25, 0.3) is 11.0 Å². The molecule has 2 aromatic heterocycles. The SMILES string of the molecule is CNC(=O)c1c(O)c2ncc(Cc3ccc(F)cc3)c3c2n(c1=O)C[C@@H](C(=O)NCC(C)(C)O)O3. The van der Waals surface area contributed by atoms with E-state index in [2.05, 4.69) is 15.6 Å². The maximum absolute atomic E-state index is 13.4.